The Bertz CT molecular complexity index is 470. The van der Waals surface area contributed by atoms with E-state index < -0.39 is 10.0 Å². The van der Waals surface area contributed by atoms with Crippen LogP contribution in [0.5, 0.6) is 0 Å². The van der Waals surface area contributed by atoms with Gasteiger partial charge < -0.3 is 4.98 Å². The summed E-state index contributed by atoms with van der Waals surface area (Å²) in [6.07, 6.45) is 6.00. The van der Waals surface area contributed by atoms with E-state index >= 15 is 0 Å². The van der Waals surface area contributed by atoms with Gasteiger partial charge in [-0.1, -0.05) is 13.3 Å². The van der Waals surface area contributed by atoms with Crippen LogP contribution in [-0.2, 0) is 29.4 Å². The number of nitrogens with one attached hydrogen (secondary N) is 2. The summed E-state index contributed by atoms with van der Waals surface area (Å²) in [5.74, 6) is 0.936. The van der Waals surface area contributed by atoms with Gasteiger partial charge in [-0.25, -0.2) is 18.1 Å². The highest BCUT2D eigenvalue weighted by Crippen LogP contribution is 2.18. The lowest BCUT2D eigenvalue weighted by atomic mass is 10.0. The van der Waals surface area contributed by atoms with Crippen molar-refractivity contribution in [3.63, 3.8) is 0 Å². The van der Waals surface area contributed by atoms with E-state index in [9.17, 15) is 8.42 Å². The number of unbranched alkanes of at least 4 members (excludes halogenated alkanes) is 1. The molecule has 1 aliphatic rings. The number of nitrogens with zero attached hydrogens (tertiary/aromatic N) is 1. The van der Waals surface area contributed by atoms with Crippen molar-refractivity contribution in [1.29, 1.82) is 0 Å². The molecule has 0 amide bonds. The molecular formula is C12H21N3O2S. The Labute approximate surface area is 108 Å². The monoisotopic (exact) mass is 271 g/mol. The Kier molecular flexibility index (Phi) is 4.40. The van der Waals surface area contributed by atoms with Gasteiger partial charge in [-0.05, 0) is 32.1 Å². The lowest BCUT2D eigenvalue weighted by Gasteiger charge is -2.07. The van der Waals surface area contributed by atoms with E-state index in [1.54, 1.807) is 0 Å². The Morgan fingerprint density at radius 1 is 1.33 bits per heavy atom. The maximum Gasteiger partial charge on any atom is 0.212 e. The molecule has 2 N–H and O–H groups in total. The zero-order valence-corrected chi connectivity index (χ0v) is 11.6. The topological polar surface area (TPSA) is 74.8 Å². The minimum Gasteiger partial charge on any atom is -0.345 e. The Morgan fingerprint density at radius 3 is 2.83 bits per heavy atom. The average Bonchev–Trinajstić information content (AvgIpc) is 2.77. The molecule has 2 rings (SSSR count). The number of rotatable bonds is 6. The van der Waals surface area contributed by atoms with Crippen LogP contribution >= 0.6 is 0 Å². The van der Waals surface area contributed by atoms with Crippen LogP contribution in [-0.4, -0.2) is 24.1 Å². The van der Waals surface area contributed by atoms with Crippen molar-refractivity contribution in [1.82, 2.24) is 14.7 Å². The second kappa shape index (κ2) is 5.84. The van der Waals surface area contributed by atoms with E-state index in [2.05, 4.69) is 14.7 Å². The van der Waals surface area contributed by atoms with Crippen LogP contribution in [0.4, 0.5) is 0 Å². The van der Waals surface area contributed by atoms with Gasteiger partial charge in [0, 0.05) is 5.69 Å². The summed E-state index contributed by atoms with van der Waals surface area (Å²) < 4.78 is 25.9. The van der Waals surface area contributed by atoms with Crippen molar-refractivity contribution in [2.24, 2.45) is 0 Å². The number of aryl methyl sites for hydroxylation is 2. The number of hydrogen-bond acceptors (Lipinski definition) is 3. The van der Waals surface area contributed by atoms with E-state index in [0.29, 0.717) is 6.42 Å². The van der Waals surface area contributed by atoms with Gasteiger partial charge in [-0.2, -0.15) is 0 Å². The van der Waals surface area contributed by atoms with Gasteiger partial charge in [0.15, 0.2) is 0 Å². The number of sulfonamides is 1. The van der Waals surface area contributed by atoms with Crippen molar-refractivity contribution in [2.75, 3.05) is 5.75 Å². The summed E-state index contributed by atoms with van der Waals surface area (Å²) >= 11 is 0. The molecule has 6 heteroatoms. The minimum absolute atomic E-state index is 0.198. The fourth-order valence-corrected chi connectivity index (χ4v) is 3.35. The number of aromatic amines is 1. The predicted molar refractivity (Wildman–Crippen MR) is 70.8 cm³/mol. The van der Waals surface area contributed by atoms with Crippen LogP contribution in [0.25, 0.3) is 0 Å². The van der Waals surface area contributed by atoms with Gasteiger partial charge >= 0.3 is 0 Å². The fraction of sp³-hybridized carbons (Fsp3) is 0.750. The van der Waals surface area contributed by atoms with Crippen molar-refractivity contribution in [2.45, 2.75) is 52.0 Å². The molecule has 1 heterocycles. The minimum atomic E-state index is -3.15. The maximum absolute atomic E-state index is 11.7. The number of imidazole rings is 1. The lowest BCUT2D eigenvalue weighted by Crippen LogP contribution is -2.26. The molecule has 0 radical (unpaired) electrons. The number of hydrogen-bond donors (Lipinski definition) is 2. The van der Waals surface area contributed by atoms with Crippen LogP contribution in [0.1, 0.15) is 49.8 Å². The van der Waals surface area contributed by atoms with Crippen LogP contribution in [0.3, 0.4) is 0 Å². The third kappa shape index (κ3) is 3.55. The third-order valence-corrected chi connectivity index (χ3v) is 4.64. The molecule has 0 aromatic carbocycles. The standard InChI is InChI=1S/C12H21N3O2S/c1-2-3-8-18(16,17)13-9-12-14-10-6-4-5-7-11(10)15-12/h13H,2-9H2,1H3,(H,14,15). The molecular weight excluding hydrogens is 250 g/mol. The third-order valence-electron chi connectivity index (χ3n) is 3.23. The molecule has 0 spiro atoms. The predicted octanol–water partition coefficient (Wildman–Crippen LogP) is 1.51. The van der Waals surface area contributed by atoms with Crippen molar-refractivity contribution < 1.29 is 8.42 Å². The van der Waals surface area contributed by atoms with E-state index in [4.69, 9.17) is 0 Å². The highest BCUT2D eigenvalue weighted by atomic mass is 32.2. The molecule has 1 aromatic rings. The molecule has 102 valence electrons. The molecule has 1 aliphatic carbocycles. The van der Waals surface area contributed by atoms with Crippen LogP contribution in [0, 0.1) is 0 Å². The zero-order valence-electron chi connectivity index (χ0n) is 10.8. The maximum atomic E-state index is 11.7. The normalized spacial score (nSPS) is 15.6. The first-order valence-corrected chi connectivity index (χ1v) is 8.30. The second-order valence-corrected chi connectivity index (χ2v) is 6.74. The zero-order chi connectivity index (χ0) is 13.0. The first-order chi connectivity index (χ1) is 8.61. The summed E-state index contributed by atoms with van der Waals surface area (Å²) in [6, 6.07) is 0. The molecule has 0 bridgehead atoms. The van der Waals surface area contributed by atoms with Crippen molar-refractivity contribution in [3.05, 3.63) is 17.2 Å². The average molecular weight is 271 g/mol. The number of fused-ring (bicyclic) bond motifs is 1. The van der Waals surface area contributed by atoms with E-state index in [-0.39, 0.29) is 12.3 Å². The van der Waals surface area contributed by atoms with Crippen molar-refractivity contribution in [3.8, 4) is 0 Å². The molecule has 0 fully saturated rings. The van der Waals surface area contributed by atoms with Gasteiger partial charge in [0.2, 0.25) is 10.0 Å². The number of aromatic nitrogens is 2. The van der Waals surface area contributed by atoms with Gasteiger partial charge in [0.05, 0.1) is 18.0 Å². The van der Waals surface area contributed by atoms with Crippen LogP contribution in [0.15, 0.2) is 0 Å². The SMILES string of the molecule is CCCCS(=O)(=O)NCc1nc2c([nH]1)CCCC2. The number of H-pyrrole nitrogens is 1. The molecule has 0 atom stereocenters. The van der Waals surface area contributed by atoms with Gasteiger partial charge in [-0.3, -0.25) is 0 Å². The van der Waals surface area contributed by atoms with E-state index in [0.717, 1.165) is 30.8 Å². The molecule has 0 unspecified atom stereocenters. The molecule has 0 saturated carbocycles. The first-order valence-electron chi connectivity index (χ1n) is 6.64. The molecule has 0 aliphatic heterocycles. The summed E-state index contributed by atoms with van der Waals surface area (Å²) in [4.78, 5) is 7.68. The molecule has 5 nitrogen and oxygen atoms in total. The van der Waals surface area contributed by atoms with Crippen LogP contribution < -0.4 is 4.72 Å². The summed E-state index contributed by atoms with van der Waals surface area (Å²) in [5.41, 5.74) is 2.30. The Morgan fingerprint density at radius 2 is 2.11 bits per heavy atom. The smallest absolute Gasteiger partial charge is 0.212 e. The second-order valence-electron chi connectivity index (χ2n) is 4.81. The highest BCUT2D eigenvalue weighted by Gasteiger charge is 2.15. The fourth-order valence-electron chi connectivity index (χ4n) is 2.18. The summed E-state index contributed by atoms with van der Waals surface area (Å²) in [7, 11) is -3.15. The Balaban J connectivity index is 1.92. The molecule has 18 heavy (non-hydrogen) atoms. The summed E-state index contributed by atoms with van der Waals surface area (Å²) in [6.45, 7) is 2.26. The summed E-state index contributed by atoms with van der Waals surface area (Å²) in [5, 5.41) is 0. The van der Waals surface area contributed by atoms with Gasteiger partial charge in [-0.15, -0.1) is 0 Å². The quantitative estimate of drug-likeness (QED) is 0.823. The van der Waals surface area contributed by atoms with Crippen LogP contribution in [0.2, 0.25) is 0 Å². The van der Waals surface area contributed by atoms with Gasteiger partial charge in [0.1, 0.15) is 5.82 Å². The lowest BCUT2D eigenvalue weighted by molar-refractivity contribution is 0.576. The highest BCUT2D eigenvalue weighted by molar-refractivity contribution is 7.89. The molecule has 1 aromatic heterocycles. The van der Waals surface area contributed by atoms with E-state index in [1.165, 1.54) is 18.5 Å². The van der Waals surface area contributed by atoms with Gasteiger partial charge in [0.25, 0.3) is 0 Å². The Hall–Kier alpha value is -0.880. The largest absolute Gasteiger partial charge is 0.345 e. The first kappa shape index (κ1) is 13.5. The molecule has 0 saturated heterocycles. The van der Waals surface area contributed by atoms with Crippen molar-refractivity contribution >= 4 is 10.0 Å². The van der Waals surface area contributed by atoms with E-state index in [1.807, 2.05) is 6.92 Å².